The zero-order valence-corrected chi connectivity index (χ0v) is 10.2. The van der Waals surface area contributed by atoms with Crippen LogP contribution in [-0.4, -0.2) is 5.25 Å². The fourth-order valence-corrected chi connectivity index (χ4v) is 2.26. The molecule has 0 heterocycles. The Bertz CT molecular complexity index is 287. The third-order valence-electron chi connectivity index (χ3n) is 2.48. The van der Waals surface area contributed by atoms with Crippen molar-refractivity contribution in [3.63, 3.8) is 0 Å². The molecular formula is C12H19NS. The number of rotatable bonds is 3. The van der Waals surface area contributed by atoms with Gasteiger partial charge in [-0.2, -0.15) is 0 Å². The first-order valence-electron chi connectivity index (χ1n) is 5.04. The highest BCUT2D eigenvalue weighted by Crippen LogP contribution is 2.34. The molecule has 14 heavy (non-hydrogen) atoms. The molecular weight excluding hydrogens is 190 g/mol. The second kappa shape index (κ2) is 4.74. The minimum Gasteiger partial charge on any atom is -0.398 e. The Balaban J connectivity index is 2.85. The lowest BCUT2D eigenvalue weighted by atomic mass is 10.2. The molecule has 1 aromatic rings. The Hall–Kier alpha value is -0.630. The van der Waals surface area contributed by atoms with Crippen molar-refractivity contribution in [2.45, 2.75) is 37.8 Å². The summed E-state index contributed by atoms with van der Waals surface area (Å²) in [6.07, 6.45) is 0. The van der Waals surface area contributed by atoms with Crippen LogP contribution in [0.15, 0.2) is 23.1 Å². The molecule has 1 nitrogen and oxygen atoms in total. The molecule has 0 aliphatic rings. The van der Waals surface area contributed by atoms with E-state index >= 15 is 0 Å². The summed E-state index contributed by atoms with van der Waals surface area (Å²) in [5, 5.41) is 0.610. The minimum absolute atomic E-state index is 0.610. The van der Waals surface area contributed by atoms with Crippen LogP contribution >= 0.6 is 11.8 Å². The lowest BCUT2D eigenvalue weighted by Crippen LogP contribution is -2.06. The standard InChI is InChI=1S/C12H19NS/c1-8(2)10(4)14-12-9(3)6-5-7-11(12)13/h5-8,10H,13H2,1-4H3. The van der Waals surface area contributed by atoms with Crippen molar-refractivity contribution in [3.8, 4) is 0 Å². The number of nitrogen functional groups attached to an aromatic ring is 1. The molecule has 0 fully saturated rings. The molecule has 2 heteroatoms. The van der Waals surface area contributed by atoms with E-state index < -0.39 is 0 Å². The first-order valence-corrected chi connectivity index (χ1v) is 5.92. The SMILES string of the molecule is Cc1cccc(N)c1SC(C)C(C)C. The molecule has 2 N–H and O–H groups in total. The summed E-state index contributed by atoms with van der Waals surface area (Å²) in [5.74, 6) is 0.680. The van der Waals surface area contributed by atoms with E-state index in [0.29, 0.717) is 11.2 Å². The molecule has 0 bridgehead atoms. The Labute approximate surface area is 91.1 Å². The van der Waals surface area contributed by atoms with Gasteiger partial charge in [0.1, 0.15) is 0 Å². The van der Waals surface area contributed by atoms with Crippen LogP contribution in [0.25, 0.3) is 0 Å². The van der Waals surface area contributed by atoms with Crippen LogP contribution in [-0.2, 0) is 0 Å². The van der Waals surface area contributed by atoms with Gasteiger partial charge in [-0.05, 0) is 24.5 Å². The largest absolute Gasteiger partial charge is 0.398 e. The van der Waals surface area contributed by atoms with Gasteiger partial charge >= 0.3 is 0 Å². The molecule has 0 radical (unpaired) electrons. The summed E-state index contributed by atoms with van der Waals surface area (Å²) in [6.45, 7) is 8.85. The quantitative estimate of drug-likeness (QED) is 0.606. The fourth-order valence-electron chi connectivity index (χ4n) is 1.16. The van der Waals surface area contributed by atoms with Crippen molar-refractivity contribution in [2.24, 2.45) is 5.92 Å². The average Bonchev–Trinajstić information content (AvgIpc) is 2.11. The van der Waals surface area contributed by atoms with E-state index in [-0.39, 0.29) is 0 Å². The van der Waals surface area contributed by atoms with E-state index in [4.69, 9.17) is 5.73 Å². The third-order valence-corrected chi connectivity index (χ3v) is 4.19. The highest BCUT2D eigenvalue weighted by atomic mass is 32.2. The van der Waals surface area contributed by atoms with Crippen LogP contribution in [0.5, 0.6) is 0 Å². The van der Waals surface area contributed by atoms with Crippen molar-refractivity contribution in [1.82, 2.24) is 0 Å². The highest BCUT2D eigenvalue weighted by molar-refractivity contribution is 8.00. The van der Waals surface area contributed by atoms with E-state index in [1.165, 1.54) is 10.5 Å². The normalized spacial score (nSPS) is 13.2. The van der Waals surface area contributed by atoms with Crippen LogP contribution in [0.4, 0.5) is 5.69 Å². The molecule has 1 rings (SSSR count). The fraction of sp³-hybridized carbons (Fsp3) is 0.500. The first kappa shape index (κ1) is 11.4. The van der Waals surface area contributed by atoms with Gasteiger partial charge in [-0.15, -0.1) is 11.8 Å². The minimum atomic E-state index is 0.610. The van der Waals surface area contributed by atoms with Gasteiger partial charge in [0, 0.05) is 15.8 Å². The van der Waals surface area contributed by atoms with E-state index in [1.54, 1.807) is 0 Å². The van der Waals surface area contributed by atoms with Crippen LogP contribution in [0.1, 0.15) is 26.3 Å². The zero-order valence-electron chi connectivity index (χ0n) is 9.37. The van der Waals surface area contributed by atoms with Gasteiger partial charge in [0.05, 0.1) is 0 Å². The molecule has 1 atom stereocenters. The molecule has 0 saturated heterocycles. The molecule has 78 valence electrons. The van der Waals surface area contributed by atoms with E-state index in [9.17, 15) is 0 Å². The number of nitrogens with two attached hydrogens (primary N) is 1. The Morgan fingerprint density at radius 2 is 1.86 bits per heavy atom. The molecule has 0 amide bonds. The van der Waals surface area contributed by atoms with Crippen LogP contribution in [0, 0.1) is 12.8 Å². The molecule has 0 spiro atoms. The third kappa shape index (κ3) is 2.68. The first-order chi connectivity index (χ1) is 6.52. The number of hydrogen-bond donors (Lipinski definition) is 1. The maximum Gasteiger partial charge on any atom is 0.0455 e. The van der Waals surface area contributed by atoms with Crippen molar-refractivity contribution < 1.29 is 0 Å². The average molecular weight is 209 g/mol. The van der Waals surface area contributed by atoms with E-state index in [0.717, 1.165) is 5.69 Å². The Kier molecular flexibility index (Phi) is 3.87. The van der Waals surface area contributed by atoms with Crippen molar-refractivity contribution in [3.05, 3.63) is 23.8 Å². The molecule has 0 aliphatic heterocycles. The molecule has 1 aromatic carbocycles. The maximum absolute atomic E-state index is 5.95. The van der Waals surface area contributed by atoms with Gasteiger partial charge in [-0.3, -0.25) is 0 Å². The Morgan fingerprint density at radius 3 is 2.36 bits per heavy atom. The summed E-state index contributed by atoms with van der Waals surface area (Å²) in [4.78, 5) is 1.24. The van der Waals surface area contributed by atoms with Gasteiger partial charge in [0.15, 0.2) is 0 Å². The van der Waals surface area contributed by atoms with Crippen LogP contribution < -0.4 is 5.73 Å². The smallest absolute Gasteiger partial charge is 0.0455 e. The highest BCUT2D eigenvalue weighted by Gasteiger charge is 2.12. The van der Waals surface area contributed by atoms with E-state index in [2.05, 4.69) is 33.8 Å². The predicted molar refractivity (Wildman–Crippen MR) is 65.7 cm³/mol. The van der Waals surface area contributed by atoms with Gasteiger partial charge < -0.3 is 5.73 Å². The van der Waals surface area contributed by atoms with Crippen molar-refractivity contribution in [2.75, 3.05) is 5.73 Å². The number of aryl methyl sites for hydroxylation is 1. The summed E-state index contributed by atoms with van der Waals surface area (Å²) in [6, 6.07) is 6.10. The van der Waals surface area contributed by atoms with E-state index in [1.807, 2.05) is 23.9 Å². The van der Waals surface area contributed by atoms with Gasteiger partial charge in [0.2, 0.25) is 0 Å². The van der Waals surface area contributed by atoms with Crippen LogP contribution in [0.2, 0.25) is 0 Å². The second-order valence-electron chi connectivity index (χ2n) is 4.06. The number of benzene rings is 1. The lowest BCUT2D eigenvalue weighted by molar-refractivity contribution is 0.642. The van der Waals surface area contributed by atoms with Gasteiger partial charge in [0.25, 0.3) is 0 Å². The molecule has 0 saturated carbocycles. The van der Waals surface area contributed by atoms with Crippen molar-refractivity contribution >= 4 is 17.4 Å². The number of thioether (sulfide) groups is 1. The molecule has 1 unspecified atom stereocenters. The summed E-state index contributed by atoms with van der Waals surface area (Å²) in [5.41, 5.74) is 8.13. The summed E-state index contributed by atoms with van der Waals surface area (Å²) >= 11 is 1.88. The van der Waals surface area contributed by atoms with Crippen LogP contribution in [0.3, 0.4) is 0 Å². The topological polar surface area (TPSA) is 26.0 Å². The number of hydrogen-bond acceptors (Lipinski definition) is 2. The lowest BCUT2D eigenvalue weighted by Gasteiger charge is -2.17. The zero-order chi connectivity index (χ0) is 10.7. The predicted octanol–water partition coefficient (Wildman–Crippen LogP) is 3.71. The van der Waals surface area contributed by atoms with Gasteiger partial charge in [-0.25, -0.2) is 0 Å². The summed E-state index contributed by atoms with van der Waals surface area (Å²) in [7, 11) is 0. The molecule has 0 aliphatic carbocycles. The maximum atomic E-state index is 5.95. The summed E-state index contributed by atoms with van der Waals surface area (Å²) < 4.78 is 0. The van der Waals surface area contributed by atoms with Gasteiger partial charge in [-0.1, -0.05) is 32.9 Å². The molecule has 0 aromatic heterocycles. The Morgan fingerprint density at radius 1 is 1.21 bits per heavy atom. The monoisotopic (exact) mass is 209 g/mol. The second-order valence-corrected chi connectivity index (χ2v) is 5.45. The van der Waals surface area contributed by atoms with Crippen molar-refractivity contribution in [1.29, 1.82) is 0 Å². The number of anilines is 1.